The Kier molecular flexibility index (Phi) is 3.75. The van der Waals surface area contributed by atoms with E-state index in [2.05, 4.69) is 5.32 Å². The minimum Gasteiger partial charge on any atom is -0.398 e. The van der Waals surface area contributed by atoms with E-state index in [1.165, 1.54) is 6.42 Å². The first-order valence-corrected chi connectivity index (χ1v) is 6.51. The van der Waals surface area contributed by atoms with E-state index in [4.69, 9.17) is 5.73 Å². The highest BCUT2D eigenvalue weighted by molar-refractivity contribution is 5.92. The van der Waals surface area contributed by atoms with Gasteiger partial charge in [0.25, 0.3) is 0 Å². The molecule has 1 saturated heterocycles. The number of benzene rings is 1. The number of nitrogens with zero attached hydrogens (tertiary/aromatic N) is 1. The number of carbonyl (C=O) groups excluding carboxylic acids is 1. The van der Waals surface area contributed by atoms with E-state index in [1.807, 2.05) is 30.9 Å². The summed E-state index contributed by atoms with van der Waals surface area (Å²) in [5.74, 6) is 0. The summed E-state index contributed by atoms with van der Waals surface area (Å²) in [4.78, 5) is 14.0. The Bertz CT molecular complexity index is 451. The van der Waals surface area contributed by atoms with Crippen molar-refractivity contribution in [1.82, 2.24) is 4.90 Å². The summed E-state index contributed by atoms with van der Waals surface area (Å²) < 4.78 is 0. The van der Waals surface area contributed by atoms with Crippen molar-refractivity contribution in [1.29, 1.82) is 0 Å². The van der Waals surface area contributed by atoms with Crippen molar-refractivity contribution in [3.63, 3.8) is 0 Å². The Labute approximate surface area is 108 Å². The highest BCUT2D eigenvalue weighted by Crippen LogP contribution is 2.25. The van der Waals surface area contributed by atoms with Gasteiger partial charge in [-0.05, 0) is 50.3 Å². The van der Waals surface area contributed by atoms with Crippen LogP contribution in [0.5, 0.6) is 0 Å². The lowest BCUT2D eigenvalue weighted by Gasteiger charge is -2.27. The Morgan fingerprint density at radius 2 is 1.89 bits per heavy atom. The topological polar surface area (TPSA) is 58.4 Å². The van der Waals surface area contributed by atoms with Gasteiger partial charge >= 0.3 is 6.03 Å². The van der Waals surface area contributed by atoms with Crippen LogP contribution < -0.4 is 11.1 Å². The highest BCUT2D eigenvalue weighted by Gasteiger charge is 2.18. The first kappa shape index (κ1) is 12.7. The first-order chi connectivity index (χ1) is 8.59. The fourth-order valence-electron chi connectivity index (χ4n) is 2.34. The Balaban J connectivity index is 2.13. The second-order valence-electron chi connectivity index (χ2n) is 4.95. The molecule has 2 rings (SSSR count). The van der Waals surface area contributed by atoms with Crippen molar-refractivity contribution < 1.29 is 4.79 Å². The van der Waals surface area contributed by atoms with E-state index in [0.717, 1.165) is 48.4 Å². The molecule has 1 fully saturated rings. The van der Waals surface area contributed by atoms with Gasteiger partial charge in [0.1, 0.15) is 0 Å². The number of likely N-dealkylation sites (tertiary alicyclic amines) is 1. The van der Waals surface area contributed by atoms with E-state index in [9.17, 15) is 4.79 Å². The fourth-order valence-corrected chi connectivity index (χ4v) is 2.34. The van der Waals surface area contributed by atoms with Gasteiger partial charge in [0, 0.05) is 18.8 Å². The van der Waals surface area contributed by atoms with E-state index in [0.29, 0.717) is 0 Å². The fraction of sp³-hybridized carbons (Fsp3) is 0.500. The number of hydrogen-bond donors (Lipinski definition) is 2. The largest absolute Gasteiger partial charge is 0.398 e. The molecule has 1 aromatic carbocycles. The van der Waals surface area contributed by atoms with Gasteiger partial charge in [0.2, 0.25) is 0 Å². The van der Waals surface area contributed by atoms with Gasteiger partial charge in [-0.2, -0.15) is 0 Å². The standard InChI is InChI=1S/C14H21N3O/c1-10-6-7-12(15)11(2)13(10)16-14(18)17-8-4-3-5-9-17/h6-7H,3-5,8-9,15H2,1-2H3,(H,16,18). The summed E-state index contributed by atoms with van der Waals surface area (Å²) in [7, 11) is 0. The number of carbonyl (C=O) groups is 1. The number of urea groups is 1. The second-order valence-corrected chi connectivity index (χ2v) is 4.95. The third-order valence-corrected chi connectivity index (χ3v) is 3.59. The zero-order valence-corrected chi connectivity index (χ0v) is 11.1. The number of anilines is 2. The molecule has 0 radical (unpaired) electrons. The van der Waals surface area contributed by atoms with Gasteiger partial charge in [-0.3, -0.25) is 0 Å². The predicted molar refractivity (Wildman–Crippen MR) is 74.8 cm³/mol. The summed E-state index contributed by atoms with van der Waals surface area (Å²) in [5, 5.41) is 3.00. The van der Waals surface area contributed by atoms with Crippen LogP contribution in [0.15, 0.2) is 12.1 Å². The maximum atomic E-state index is 12.2. The van der Waals surface area contributed by atoms with Crippen LogP contribution in [-0.2, 0) is 0 Å². The monoisotopic (exact) mass is 247 g/mol. The number of nitrogen functional groups attached to an aromatic ring is 1. The van der Waals surface area contributed by atoms with E-state index >= 15 is 0 Å². The molecule has 4 heteroatoms. The van der Waals surface area contributed by atoms with Crippen LogP contribution in [0.1, 0.15) is 30.4 Å². The summed E-state index contributed by atoms with van der Waals surface area (Å²) in [6.45, 7) is 5.63. The molecule has 0 spiro atoms. The van der Waals surface area contributed by atoms with Gasteiger partial charge < -0.3 is 16.0 Å². The molecule has 18 heavy (non-hydrogen) atoms. The van der Waals surface area contributed by atoms with Crippen molar-refractivity contribution >= 4 is 17.4 Å². The minimum atomic E-state index is -0.00787. The Hall–Kier alpha value is -1.71. The molecule has 0 bridgehead atoms. The average Bonchev–Trinajstić information content (AvgIpc) is 2.40. The lowest BCUT2D eigenvalue weighted by atomic mass is 10.1. The van der Waals surface area contributed by atoms with Crippen LogP contribution >= 0.6 is 0 Å². The molecule has 1 heterocycles. The van der Waals surface area contributed by atoms with Crippen molar-refractivity contribution in [3.05, 3.63) is 23.3 Å². The molecule has 0 saturated carbocycles. The molecule has 1 aliphatic rings. The second kappa shape index (κ2) is 5.29. The predicted octanol–water partition coefficient (Wildman–Crippen LogP) is 2.90. The molecular weight excluding hydrogens is 226 g/mol. The van der Waals surface area contributed by atoms with E-state index < -0.39 is 0 Å². The zero-order chi connectivity index (χ0) is 13.1. The minimum absolute atomic E-state index is 0.00787. The van der Waals surface area contributed by atoms with Crippen LogP contribution in [0.3, 0.4) is 0 Å². The lowest BCUT2D eigenvalue weighted by molar-refractivity contribution is 0.200. The molecule has 1 aliphatic heterocycles. The SMILES string of the molecule is Cc1ccc(N)c(C)c1NC(=O)N1CCCCC1. The van der Waals surface area contributed by atoms with Gasteiger partial charge in [-0.15, -0.1) is 0 Å². The number of hydrogen-bond acceptors (Lipinski definition) is 2. The third-order valence-electron chi connectivity index (χ3n) is 3.59. The van der Waals surface area contributed by atoms with Gasteiger partial charge in [0.15, 0.2) is 0 Å². The summed E-state index contributed by atoms with van der Waals surface area (Å²) in [5.41, 5.74) is 9.44. The summed E-state index contributed by atoms with van der Waals surface area (Å²) >= 11 is 0. The number of nitrogens with one attached hydrogen (secondary N) is 1. The summed E-state index contributed by atoms with van der Waals surface area (Å²) in [6.07, 6.45) is 3.42. The molecule has 2 amide bonds. The van der Waals surface area contributed by atoms with Gasteiger partial charge in [0.05, 0.1) is 5.69 Å². The normalized spacial score (nSPS) is 15.6. The molecular formula is C14H21N3O. The molecule has 3 N–H and O–H groups in total. The van der Waals surface area contributed by atoms with E-state index in [1.54, 1.807) is 0 Å². The average molecular weight is 247 g/mol. The number of rotatable bonds is 1. The molecule has 0 atom stereocenters. The quantitative estimate of drug-likeness (QED) is 0.750. The Morgan fingerprint density at radius 1 is 1.22 bits per heavy atom. The van der Waals surface area contributed by atoms with Crippen molar-refractivity contribution in [2.75, 3.05) is 24.1 Å². The molecule has 1 aromatic rings. The lowest BCUT2D eigenvalue weighted by Crippen LogP contribution is -2.39. The van der Waals surface area contributed by atoms with Gasteiger partial charge in [-0.25, -0.2) is 4.79 Å². The van der Waals surface area contributed by atoms with Crippen LogP contribution in [-0.4, -0.2) is 24.0 Å². The van der Waals surface area contributed by atoms with Crippen molar-refractivity contribution in [2.24, 2.45) is 0 Å². The zero-order valence-electron chi connectivity index (χ0n) is 11.1. The Morgan fingerprint density at radius 3 is 2.56 bits per heavy atom. The van der Waals surface area contributed by atoms with Crippen LogP contribution in [0.2, 0.25) is 0 Å². The molecule has 4 nitrogen and oxygen atoms in total. The summed E-state index contributed by atoms with van der Waals surface area (Å²) in [6, 6.07) is 3.81. The van der Waals surface area contributed by atoms with Crippen molar-refractivity contribution in [2.45, 2.75) is 33.1 Å². The van der Waals surface area contributed by atoms with Crippen LogP contribution in [0.4, 0.5) is 16.2 Å². The number of piperidine rings is 1. The highest BCUT2D eigenvalue weighted by atomic mass is 16.2. The smallest absolute Gasteiger partial charge is 0.321 e. The number of nitrogens with two attached hydrogens (primary N) is 1. The molecule has 0 unspecified atom stereocenters. The first-order valence-electron chi connectivity index (χ1n) is 6.51. The number of aryl methyl sites for hydroxylation is 1. The number of amides is 2. The van der Waals surface area contributed by atoms with Gasteiger partial charge in [-0.1, -0.05) is 6.07 Å². The van der Waals surface area contributed by atoms with Crippen molar-refractivity contribution in [3.8, 4) is 0 Å². The maximum absolute atomic E-state index is 12.2. The maximum Gasteiger partial charge on any atom is 0.321 e. The molecule has 98 valence electrons. The molecule has 0 aromatic heterocycles. The van der Waals surface area contributed by atoms with E-state index in [-0.39, 0.29) is 6.03 Å². The van der Waals surface area contributed by atoms with Crippen LogP contribution in [0.25, 0.3) is 0 Å². The van der Waals surface area contributed by atoms with Crippen LogP contribution in [0, 0.1) is 13.8 Å². The molecule has 0 aliphatic carbocycles. The third kappa shape index (κ3) is 2.58.